The summed E-state index contributed by atoms with van der Waals surface area (Å²) in [6.45, 7) is 7.48. The van der Waals surface area contributed by atoms with Crippen molar-refractivity contribution in [3.63, 3.8) is 0 Å². The van der Waals surface area contributed by atoms with Crippen LogP contribution in [-0.2, 0) is 16.1 Å². The Hall–Kier alpha value is -1.80. The average molecular weight is 378 g/mol. The molecule has 0 saturated carbocycles. The van der Waals surface area contributed by atoms with Crippen molar-refractivity contribution >= 4 is 28.7 Å². The van der Waals surface area contributed by atoms with Gasteiger partial charge in [-0.2, -0.15) is 0 Å². The molecule has 0 bridgehead atoms. The number of pyridine rings is 1. The van der Waals surface area contributed by atoms with Gasteiger partial charge in [-0.25, -0.2) is 4.98 Å². The highest BCUT2D eigenvalue weighted by Crippen LogP contribution is 2.19. The second kappa shape index (κ2) is 8.73. The largest absolute Gasteiger partial charge is 0.372 e. The smallest absolute Gasteiger partial charge is 0.281 e. The summed E-state index contributed by atoms with van der Waals surface area (Å²) in [7, 11) is 0. The number of aromatic nitrogens is 1. The normalized spacial score (nSPS) is 23.4. The number of nitrogens with one attached hydrogen (secondary N) is 1. The van der Waals surface area contributed by atoms with E-state index in [1.165, 1.54) is 11.8 Å². The van der Waals surface area contributed by atoms with Crippen LogP contribution in [0, 0.1) is 0 Å². The molecule has 1 aromatic rings. The summed E-state index contributed by atoms with van der Waals surface area (Å²) in [5, 5.41) is 2.97. The van der Waals surface area contributed by atoms with Crippen LogP contribution in [0.3, 0.4) is 0 Å². The standard InChI is InChI=1S/C18H26N4O3S/c1-13-11-22(12-14(2)25-13)16-4-3-15(9-19-16)10-20-17(23)5-6-21-7-8-26-18(21)24/h3-4,9,13-14H,5-8,10-12H2,1-2H3,(H,20,23). The molecule has 2 atom stereocenters. The molecule has 1 aromatic heterocycles. The molecule has 2 aliphatic heterocycles. The molecule has 0 aliphatic carbocycles. The third-order valence-electron chi connectivity index (χ3n) is 4.50. The molecule has 2 unspecified atom stereocenters. The van der Waals surface area contributed by atoms with E-state index in [1.54, 1.807) is 11.1 Å². The van der Waals surface area contributed by atoms with E-state index in [-0.39, 0.29) is 23.4 Å². The number of hydrogen-bond donors (Lipinski definition) is 1. The molecular weight excluding hydrogens is 352 g/mol. The lowest BCUT2D eigenvalue weighted by atomic mass is 10.2. The van der Waals surface area contributed by atoms with Crippen molar-refractivity contribution in [1.29, 1.82) is 0 Å². The first-order chi connectivity index (χ1) is 12.5. The molecule has 2 fully saturated rings. The Morgan fingerprint density at radius 3 is 2.73 bits per heavy atom. The van der Waals surface area contributed by atoms with E-state index < -0.39 is 0 Å². The molecular formula is C18H26N4O3S. The summed E-state index contributed by atoms with van der Waals surface area (Å²) in [4.78, 5) is 32.0. The quantitative estimate of drug-likeness (QED) is 0.815. The molecule has 7 nitrogen and oxygen atoms in total. The van der Waals surface area contributed by atoms with Crippen LogP contribution < -0.4 is 10.2 Å². The van der Waals surface area contributed by atoms with Gasteiger partial charge in [-0.3, -0.25) is 9.59 Å². The molecule has 1 N–H and O–H groups in total. The van der Waals surface area contributed by atoms with E-state index in [0.29, 0.717) is 19.5 Å². The van der Waals surface area contributed by atoms with Crippen molar-refractivity contribution in [2.24, 2.45) is 0 Å². The monoisotopic (exact) mass is 378 g/mol. The summed E-state index contributed by atoms with van der Waals surface area (Å²) in [5.41, 5.74) is 0.962. The molecule has 26 heavy (non-hydrogen) atoms. The Morgan fingerprint density at radius 2 is 2.12 bits per heavy atom. The number of carbonyl (C=O) groups excluding carboxylic acids is 2. The van der Waals surface area contributed by atoms with Gasteiger partial charge in [0, 0.05) is 51.1 Å². The molecule has 3 rings (SSSR count). The molecule has 2 saturated heterocycles. The number of carbonyl (C=O) groups is 2. The van der Waals surface area contributed by atoms with Crippen LogP contribution in [0.25, 0.3) is 0 Å². The van der Waals surface area contributed by atoms with E-state index in [0.717, 1.165) is 36.8 Å². The molecule has 142 valence electrons. The summed E-state index contributed by atoms with van der Waals surface area (Å²) < 4.78 is 5.75. The zero-order chi connectivity index (χ0) is 18.5. The first-order valence-corrected chi connectivity index (χ1v) is 10.0. The van der Waals surface area contributed by atoms with Gasteiger partial charge in [0.2, 0.25) is 5.91 Å². The fourth-order valence-electron chi connectivity index (χ4n) is 3.23. The second-order valence-electron chi connectivity index (χ2n) is 6.82. The fraction of sp³-hybridized carbons (Fsp3) is 0.611. The highest BCUT2D eigenvalue weighted by molar-refractivity contribution is 8.13. The number of thioether (sulfide) groups is 1. The van der Waals surface area contributed by atoms with E-state index >= 15 is 0 Å². The fourth-order valence-corrected chi connectivity index (χ4v) is 4.08. The van der Waals surface area contributed by atoms with Gasteiger partial charge in [0.05, 0.1) is 12.2 Å². The number of ether oxygens (including phenoxy) is 1. The molecule has 2 aliphatic rings. The maximum atomic E-state index is 12.0. The number of anilines is 1. The SMILES string of the molecule is CC1CN(c2ccc(CNC(=O)CCN3CCSC3=O)cn2)CC(C)O1. The Balaban J connectivity index is 1.44. The predicted octanol–water partition coefficient (Wildman–Crippen LogP) is 1.87. The molecule has 0 aromatic carbocycles. The number of rotatable bonds is 6. The van der Waals surface area contributed by atoms with Crippen molar-refractivity contribution in [3.8, 4) is 0 Å². The Kier molecular flexibility index (Phi) is 6.37. The highest BCUT2D eigenvalue weighted by atomic mass is 32.2. The first kappa shape index (κ1) is 19.0. The summed E-state index contributed by atoms with van der Waals surface area (Å²) in [6, 6.07) is 3.99. The lowest BCUT2D eigenvalue weighted by Gasteiger charge is -2.36. The van der Waals surface area contributed by atoms with E-state index in [1.807, 2.05) is 12.1 Å². The van der Waals surface area contributed by atoms with Crippen LogP contribution in [0.5, 0.6) is 0 Å². The van der Waals surface area contributed by atoms with Gasteiger partial charge in [-0.15, -0.1) is 0 Å². The van der Waals surface area contributed by atoms with Crippen molar-refractivity contribution < 1.29 is 14.3 Å². The third-order valence-corrected chi connectivity index (χ3v) is 5.39. The van der Waals surface area contributed by atoms with Crippen LogP contribution in [0.4, 0.5) is 10.6 Å². The maximum Gasteiger partial charge on any atom is 0.281 e. The van der Waals surface area contributed by atoms with Gasteiger partial charge in [-0.1, -0.05) is 17.8 Å². The number of nitrogens with zero attached hydrogens (tertiary/aromatic N) is 3. The zero-order valence-electron chi connectivity index (χ0n) is 15.3. The summed E-state index contributed by atoms with van der Waals surface area (Å²) in [6.07, 6.45) is 2.53. The number of morpholine rings is 1. The third kappa shape index (κ3) is 5.11. The van der Waals surface area contributed by atoms with Crippen molar-refractivity contribution in [2.45, 2.75) is 39.0 Å². The molecule has 0 radical (unpaired) electrons. The minimum absolute atomic E-state index is 0.0467. The first-order valence-electron chi connectivity index (χ1n) is 9.05. The maximum absolute atomic E-state index is 12.0. The van der Waals surface area contributed by atoms with Gasteiger partial charge in [0.15, 0.2) is 0 Å². The average Bonchev–Trinajstić information content (AvgIpc) is 3.03. The minimum atomic E-state index is -0.0467. The van der Waals surface area contributed by atoms with Crippen molar-refractivity contribution in [3.05, 3.63) is 23.9 Å². The molecule has 8 heteroatoms. The number of hydrogen-bond acceptors (Lipinski definition) is 6. The van der Waals surface area contributed by atoms with Crippen LogP contribution >= 0.6 is 11.8 Å². The lowest BCUT2D eigenvalue weighted by Crippen LogP contribution is -2.45. The Labute approximate surface area is 158 Å². The topological polar surface area (TPSA) is 74.8 Å². The molecule has 2 amide bonds. The summed E-state index contributed by atoms with van der Waals surface area (Å²) in [5.74, 6) is 1.71. The van der Waals surface area contributed by atoms with E-state index in [9.17, 15) is 9.59 Å². The van der Waals surface area contributed by atoms with Gasteiger partial charge in [-0.05, 0) is 25.5 Å². The lowest BCUT2D eigenvalue weighted by molar-refractivity contribution is -0.121. The minimum Gasteiger partial charge on any atom is -0.372 e. The predicted molar refractivity (Wildman–Crippen MR) is 102 cm³/mol. The van der Waals surface area contributed by atoms with E-state index in [2.05, 4.69) is 29.0 Å². The van der Waals surface area contributed by atoms with Crippen LogP contribution in [0.2, 0.25) is 0 Å². The Bertz CT molecular complexity index is 630. The zero-order valence-corrected chi connectivity index (χ0v) is 16.1. The van der Waals surface area contributed by atoms with Gasteiger partial charge < -0.3 is 19.9 Å². The number of amides is 2. The van der Waals surface area contributed by atoms with Crippen LogP contribution in [-0.4, -0.2) is 65.2 Å². The molecule has 0 spiro atoms. The van der Waals surface area contributed by atoms with Crippen LogP contribution in [0.15, 0.2) is 18.3 Å². The highest BCUT2D eigenvalue weighted by Gasteiger charge is 2.23. The van der Waals surface area contributed by atoms with Crippen molar-refractivity contribution in [2.75, 3.05) is 36.8 Å². The van der Waals surface area contributed by atoms with Crippen LogP contribution in [0.1, 0.15) is 25.8 Å². The Morgan fingerprint density at radius 1 is 1.35 bits per heavy atom. The van der Waals surface area contributed by atoms with Crippen molar-refractivity contribution in [1.82, 2.24) is 15.2 Å². The van der Waals surface area contributed by atoms with E-state index in [4.69, 9.17) is 4.74 Å². The molecule has 3 heterocycles. The summed E-state index contributed by atoms with van der Waals surface area (Å²) >= 11 is 1.32. The van der Waals surface area contributed by atoms with Gasteiger partial charge >= 0.3 is 0 Å². The van der Waals surface area contributed by atoms with Gasteiger partial charge in [0.1, 0.15) is 5.82 Å². The second-order valence-corrected chi connectivity index (χ2v) is 7.86. The van der Waals surface area contributed by atoms with Gasteiger partial charge in [0.25, 0.3) is 5.24 Å².